The van der Waals surface area contributed by atoms with Crippen LogP contribution in [0.2, 0.25) is 18.1 Å². The van der Waals surface area contributed by atoms with E-state index >= 15 is 0 Å². The van der Waals surface area contributed by atoms with Gasteiger partial charge in [-0.3, -0.25) is 0 Å². The molecule has 2 fully saturated rings. The van der Waals surface area contributed by atoms with Crippen molar-refractivity contribution in [2.45, 2.75) is 102 Å². The van der Waals surface area contributed by atoms with Crippen LogP contribution in [0.15, 0.2) is 18.2 Å². The second-order valence-electron chi connectivity index (χ2n) is 9.92. The normalized spacial score (nSPS) is 27.7. The van der Waals surface area contributed by atoms with Gasteiger partial charge in [-0.05, 0) is 61.1 Å². The van der Waals surface area contributed by atoms with Crippen LogP contribution in [0.4, 0.5) is 4.39 Å². The molecule has 1 saturated heterocycles. The van der Waals surface area contributed by atoms with Crippen LogP contribution in [0, 0.1) is 23.6 Å². The van der Waals surface area contributed by atoms with E-state index in [-0.39, 0.29) is 14.6 Å². The topological polar surface area (TPSA) is 9.23 Å². The number of rotatable bonds is 10. The lowest BCUT2D eigenvalue weighted by molar-refractivity contribution is 0.184. The van der Waals surface area contributed by atoms with Gasteiger partial charge in [-0.15, -0.1) is 0 Å². The van der Waals surface area contributed by atoms with Crippen LogP contribution in [0.1, 0.15) is 83.1 Å². The van der Waals surface area contributed by atoms with Crippen molar-refractivity contribution in [3.05, 3.63) is 29.6 Å². The van der Waals surface area contributed by atoms with Gasteiger partial charge in [0.05, 0.1) is 7.11 Å². The van der Waals surface area contributed by atoms with Gasteiger partial charge in [0.2, 0.25) is 0 Å². The smallest absolute Gasteiger partial charge is 0.165 e. The summed E-state index contributed by atoms with van der Waals surface area (Å²) in [6.45, 7) is 2.34. The van der Waals surface area contributed by atoms with Gasteiger partial charge in [-0.2, -0.15) is 0 Å². The Labute approximate surface area is 180 Å². The Balaban J connectivity index is 1.28. The van der Waals surface area contributed by atoms with Crippen molar-refractivity contribution in [3.63, 3.8) is 0 Å². The van der Waals surface area contributed by atoms with Gasteiger partial charge in [-0.1, -0.05) is 82.5 Å². The summed E-state index contributed by atoms with van der Waals surface area (Å²) in [6.07, 6.45) is 16.8. The molecule has 2 aliphatic rings. The van der Waals surface area contributed by atoms with Gasteiger partial charge >= 0.3 is 0 Å². The lowest BCUT2D eigenvalue weighted by atomic mass is 9.73. The van der Waals surface area contributed by atoms with Gasteiger partial charge in [0.25, 0.3) is 0 Å². The Kier molecular flexibility index (Phi) is 9.55. The average Bonchev–Trinajstić information content (AvgIpc) is 2.76. The van der Waals surface area contributed by atoms with E-state index in [1.54, 1.807) is 43.1 Å². The fraction of sp³-hybridized carbons (Fsp3) is 0.769. The third-order valence-corrected chi connectivity index (χ3v) is 11.5. The maximum atomic E-state index is 13.8. The Morgan fingerprint density at radius 1 is 0.966 bits per heavy atom. The van der Waals surface area contributed by atoms with E-state index in [0.717, 1.165) is 29.7 Å². The minimum Gasteiger partial charge on any atom is -0.494 e. The first kappa shape index (κ1) is 22.8. The van der Waals surface area contributed by atoms with E-state index in [4.69, 9.17) is 4.74 Å². The Morgan fingerprint density at radius 3 is 2.34 bits per heavy atom. The number of halogens is 1. The molecule has 0 bridgehead atoms. The maximum absolute atomic E-state index is 13.8. The second kappa shape index (κ2) is 12.1. The molecule has 0 radical (unpaired) electrons. The molecule has 0 atom stereocenters. The quantitative estimate of drug-likeness (QED) is 0.278. The molecule has 1 aliphatic carbocycles. The molecule has 0 unspecified atom stereocenters. The Hall–Kier alpha value is -0.833. The zero-order chi connectivity index (χ0) is 20.5. The summed E-state index contributed by atoms with van der Waals surface area (Å²) >= 11 is 0. The van der Waals surface area contributed by atoms with Crippen LogP contribution in [0.3, 0.4) is 0 Å². The fourth-order valence-corrected chi connectivity index (χ4v) is 9.67. The van der Waals surface area contributed by atoms with Gasteiger partial charge < -0.3 is 4.74 Å². The van der Waals surface area contributed by atoms with Crippen molar-refractivity contribution in [2.24, 2.45) is 17.8 Å². The standard InChI is InChI=1S/C26H43FOSi/c1-3-4-17-29-18-15-24(16-19-29)23-12-9-21(10-13-23)7-5-6-8-22-11-14-26(28-2)25(27)20-22/h11,14,20-21,23-24,29H,3-10,12-13,15-19H2,1-2H3/t21-,23-,24-,29-. The molecule has 0 N–H and O–H groups in total. The summed E-state index contributed by atoms with van der Waals surface area (Å²) in [6, 6.07) is 10.3. The van der Waals surface area contributed by atoms with Gasteiger partial charge in [0.15, 0.2) is 11.6 Å². The van der Waals surface area contributed by atoms with Gasteiger partial charge in [0, 0.05) is 8.80 Å². The van der Waals surface area contributed by atoms with Crippen LogP contribution >= 0.6 is 0 Å². The third kappa shape index (κ3) is 7.12. The lowest BCUT2D eigenvalue weighted by Gasteiger charge is -2.37. The first-order valence-corrected chi connectivity index (χ1v) is 15.0. The summed E-state index contributed by atoms with van der Waals surface area (Å²) in [5, 5.41) is 0. The highest BCUT2D eigenvalue weighted by molar-refractivity contribution is 6.58. The van der Waals surface area contributed by atoms with Crippen LogP contribution in [-0.2, 0) is 6.42 Å². The molecule has 3 rings (SSSR count). The second-order valence-corrected chi connectivity index (χ2v) is 13.4. The SMILES string of the molecule is CCCC[Si@H]1CC[C@H]([C@H]2CC[C@H](CCCCc3ccc(OC)c(F)c3)CC2)CC1. The molecule has 0 spiro atoms. The van der Waals surface area contributed by atoms with E-state index in [1.807, 2.05) is 6.07 Å². The number of hydrogen-bond donors (Lipinski definition) is 0. The van der Waals surface area contributed by atoms with Crippen molar-refractivity contribution in [1.82, 2.24) is 0 Å². The molecule has 164 valence electrons. The molecule has 1 nitrogen and oxygen atoms in total. The predicted octanol–water partition coefficient (Wildman–Crippen LogP) is 7.79. The number of benzene rings is 1. The monoisotopic (exact) mass is 418 g/mol. The average molecular weight is 419 g/mol. The predicted molar refractivity (Wildman–Crippen MR) is 125 cm³/mol. The highest BCUT2D eigenvalue weighted by atomic mass is 28.3. The van der Waals surface area contributed by atoms with E-state index in [0.29, 0.717) is 5.75 Å². The number of unbranched alkanes of at least 4 members (excludes halogenated alkanes) is 2. The van der Waals surface area contributed by atoms with E-state index in [2.05, 4.69) is 6.92 Å². The molecule has 1 aliphatic heterocycles. The molecule has 0 amide bonds. The lowest BCUT2D eigenvalue weighted by Crippen LogP contribution is -2.28. The first-order valence-electron chi connectivity index (χ1n) is 12.5. The summed E-state index contributed by atoms with van der Waals surface area (Å²) in [5.41, 5.74) is 1.10. The van der Waals surface area contributed by atoms with E-state index < -0.39 is 0 Å². The molecule has 1 heterocycles. The number of methoxy groups -OCH3 is 1. The van der Waals surface area contributed by atoms with Crippen LogP contribution < -0.4 is 4.74 Å². The number of hydrogen-bond acceptors (Lipinski definition) is 1. The molecule has 0 aromatic heterocycles. The summed E-state index contributed by atoms with van der Waals surface area (Å²) in [5.74, 6) is 3.20. The van der Waals surface area contributed by atoms with Crippen molar-refractivity contribution < 1.29 is 9.13 Å². The minimum atomic E-state index is -0.333. The number of aryl methyl sites for hydroxylation is 1. The molecule has 29 heavy (non-hydrogen) atoms. The van der Waals surface area contributed by atoms with E-state index in [1.165, 1.54) is 64.9 Å². The van der Waals surface area contributed by atoms with Crippen LogP contribution in [-0.4, -0.2) is 15.9 Å². The fourth-order valence-electron chi connectivity index (χ4n) is 6.02. The zero-order valence-corrected chi connectivity index (χ0v) is 20.1. The molecule has 1 saturated carbocycles. The molecular formula is C26H43FOSi. The first-order chi connectivity index (χ1) is 14.2. The van der Waals surface area contributed by atoms with Crippen LogP contribution in [0.25, 0.3) is 0 Å². The highest BCUT2D eigenvalue weighted by Crippen LogP contribution is 2.42. The summed E-state index contributed by atoms with van der Waals surface area (Å²) < 4.78 is 18.8. The zero-order valence-electron chi connectivity index (χ0n) is 18.9. The molecule has 3 heteroatoms. The largest absolute Gasteiger partial charge is 0.494 e. The van der Waals surface area contributed by atoms with Crippen molar-refractivity contribution >= 4 is 8.80 Å². The number of ether oxygens (including phenoxy) is 1. The Morgan fingerprint density at radius 2 is 1.69 bits per heavy atom. The Bertz CT molecular complexity index is 588. The van der Waals surface area contributed by atoms with Crippen LogP contribution in [0.5, 0.6) is 5.75 Å². The van der Waals surface area contributed by atoms with Gasteiger partial charge in [-0.25, -0.2) is 4.39 Å². The molecule has 1 aromatic rings. The molecule has 1 aromatic carbocycles. The third-order valence-electron chi connectivity index (χ3n) is 7.96. The van der Waals surface area contributed by atoms with Crippen molar-refractivity contribution in [1.29, 1.82) is 0 Å². The summed E-state index contributed by atoms with van der Waals surface area (Å²) in [4.78, 5) is 0. The highest BCUT2D eigenvalue weighted by Gasteiger charge is 2.30. The van der Waals surface area contributed by atoms with Gasteiger partial charge in [0.1, 0.15) is 0 Å². The van der Waals surface area contributed by atoms with Crippen molar-refractivity contribution in [3.8, 4) is 5.75 Å². The summed E-state index contributed by atoms with van der Waals surface area (Å²) in [7, 11) is 1.19. The minimum absolute atomic E-state index is 0.231. The van der Waals surface area contributed by atoms with E-state index in [9.17, 15) is 4.39 Å². The van der Waals surface area contributed by atoms with Crippen molar-refractivity contribution in [2.75, 3.05) is 7.11 Å². The molecular weight excluding hydrogens is 375 g/mol. The maximum Gasteiger partial charge on any atom is 0.165 e.